The molecule has 0 radical (unpaired) electrons. The van der Waals surface area contributed by atoms with E-state index in [9.17, 15) is 4.79 Å². The maximum atomic E-state index is 12.2. The molecule has 1 aliphatic rings. The van der Waals surface area contributed by atoms with Gasteiger partial charge in [0.05, 0.1) is 6.04 Å². The molecule has 0 fully saturated rings. The fourth-order valence-corrected chi connectivity index (χ4v) is 2.93. The zero-order valence-electron chi connectivity index (χ0n) is 14.9. The lowest BCUT2D eigenvalue weighted by Crippen LogP contribution is -2.27. The minimum atomic E-state index is -0.0641. The van der Waals surface area contributed by atoms with Crippen LogP contribution in [0.15, 0.2) is 42.5 Å². The Bertz CT molecular complexity index is 724. The summed E-state index contributed by atoms with van der Waals surface area (Å²) in [5.41, 5.74) is 3.53. The highest BCUT2D eigenvalue weighted by atomic mass is 16.6. The molecule has 1 amide bonds. The third-order valence-corrected chi connectivity index (χ3v) is 4.52. The van der Waals surface area contributed by atoms with E-state index in [-0.39, 0.29) is 11.9 Å². The molecule has 2 aromatic rings. The first-order valence-corrected chi connectivity index (χ1v) is 8.92. The Morgan fingerprint density at radius 3 is 2.44 bits per heavy atom. The number of benzene rings is 2. The largest absolute Gasteiger partial charge is 0.486 e. The van der Waals surface area contributed by atoms with E-state index in [4.69, 9.17) is 9.47 Å². The van der Waals surface area contributed by atoms with E-state index in [0.717, 1.165) is 29.9 Å². The van der Waals surface area contributed by atoms with E-state index >= 15 is 0 Å². The highest BCUT2D eigenvalue weighted by Crippen LogP contribution is 2.32. The van der Waals surface area contributed by atoms with Crippen LogP contribution in [0, 0.1) is 0 Å². The number of nitrogens with one attached hydrogen (secondary N) is 1. The van der Waals surface area contributed by atoms with E-state index in [0.29, 0.717) is 19.6 Å². The van der Waals surface area contributed by atoms with Gasteiger partial charge in [-0.05, 0) is 48.6 Å². The van der Waals surface area contributed by atoms with Crippen molar-refractivity contribution in [2.75, 3.05) is 13.2 Å². The van der Waals surface area contributed by atoms with Crippen LogP contribution in [0.25, 0.3) is 0 Å². The average Bonchev–Trinajstić information content (AvgIpc) is 2.66. The number of hydrogen-bond acceptors (Lipinski definition) is 3. The quantitative estimate of drug-likeness (QED) is 0.870. The molecule has 25 heavy (non-hydrogen) atoms. The monoisotopic (exact) mass is 339 g/mol. The number of amides is 1. The first-order valence-electron chi connectivity index (χ1n) is 8.92. The van der Waals surface area contributed by atoms with Crippen molar-refractivity contribution in [3.05, 3.63) is 59.2 Å². The van der Waals surface area contributed by atoms with E-state index < -0.39 is 0 Å². The van der Waals surface area contributed by atoms with Crippen LogP contribution in [-0.4, -0.2) is 19.1 Å². The zero-order chi connectivity index (χ0) is 17.6. The second-order valence-electron chi connectivity index (χ2n) is 6.36. The van der Waals surface area contributed by atoms with Crippen LogP contribution in [0.2, 0.25) is 0 Å². The lowest BCUT2D eigenvalue weighted by Gasteiger charge is -2.21. The summed E-state index contributed by atoms with van der Waals surface area (Å²) in [6, 6.07) is 14.2. The van der Waals surface area contributed by atoms with Gasteiger partial charge in [-0.15, -0.1) is 0 Å². The van der Waals surface area contributed by atoms with Crippen molar-refractivity contribution in [2.24, 2.45) is 0 Å². The Morgan fingerprint density at radius 1 is 1.04 bits per heavy atom. The van der Waals surface area contributed by atoms with Gasteiger partial charge in [0.2, 0.25) is 5.91 Å². The number of rotatable bonds is 6. The summed E-state index contributed by atoms with van der Waals surface area (Å²) in [6.07, 6.45) is 2.28. The van der Waals surface area contributed by atoms with Crippen LogP contribution < -0.4 is 14.8 Å². The highest BCUT2D eigenvalue weighted by molar-refractivity contribution is 5.76. The molecule has 0 aromatic heterocycles. The summed E-state index contributed by atoms with van der Waals surface area (Å²) in [4.78, 5) is 12.2. The van der Waals surface area contributed by atoms with Gasteiger partial charge in [-0.2, -0.15) is 0 Å². The lowest BCUT2D eigenvalue weighted by atomic mass is 10.0. The van der Waals surface area contributed by atoms with Crippen LogP contribution >= 0.6 is 0 Å². The molecular weight excluding hydrogens is 314 g/mol. The summed E-state index contributed by atoms with van der Waals surface area (Å²) in [6.45, 7) is 5.27. The third-order valence-electron chi connectivity index (χ3n) is 4.52. The van der Waals surface area contributed by atoms with Crippen molar-refractivity contribution < 1.29 is 14.3 Å². The molecule has 1 aliphatic heterocycles. The van der Waals surface area contributed by atoms with Gasteiger partial charge in [-0.25, -0.2) is 0 Å². The predicted molar refractivity (Wildman–Crippen MR) is 98.1 cm³/mol. The van der Waals surface area contributed by atoms with Crippen molar-refractivity contribution >= 4 is 5.91 Å². The molecule has 2 aromatic carbocycles. The Labute approximate surface area is 149 Å². The molecule has 132 valence electrons. The lowest BCUT2D eigenvalue weighted by molar-refractivity contribution is -0.121. The fraction of sp³-hybridized carbons (Fsp3) is 0.381. The first kappa shape index (κ1) is 17.3. The van der Waals surface area contributed by atoms with Gasteiger partial charge in [0.15, 0.2) is 11.5 Å². The SMILES string of the molecule is CCc1ccc(CCC(=O)N[C@@H](C)c2ccc3c(c2)OCCO3)cc1. The minimum absolute atomic E-state index is 0.0574. The number of aryl methyl sites for hydroxylation is 2. The van der Waals surface area contributed by atoms with Crippen molar-refractivity contribution in [2.45, 2.75) is 39.2 Å². The predicted octanol–water partition coefficient (Wildman–Crippen LogP) is 3.83. The van der Waals surface area contributed by atoms with Crippen LogP contribution in [0.5, 0.6) is 11.5 Å². The topological polar surface area (TPSA) is 47.6 Å². The molecular formula is C21H25NO3. The van der Waals surface area contributed by atoms with E-state index in [1.165, 1.54) is 11.1 Å². The fourth-order valence-electron chi connectivity index (χ4n) is 2.93. The first-order chi connectivity index (χ1) is 12.2. The number of fused-ring (bicyclic) bond motifs is 1. The molecule has 0 saturated heterocycles. The summed E-state index contributed by atoms with van der Waals surface area (Å²) in [7, 11) is 0. The number of carbonyl (C=O) groups excluding carboxylic acids is 1. The molecule has 4 heteroatoms. The van der Waals surface area contributed by atoms with Crippen LogP contribution in [-0.2, 0) is 17.6 Å². The van der Waals surface area contributed by atoms with Gasteiger partial charge in [0.1, 0.15) is 13.2 Å². The Balaban J connectivity index is 1.53. The maximum Gasteiger partial charge on any atom is 0.220 e. The van der Waals surface area contributed by atoms with Crippen LogP contribution in [0.4, 0.5) is 0 Å². The van der Waals surface area contributed by atoms with Crippen molar-refractivity contribution in [1.29, 1.82) is 0 Å². The molecule has 1 heterocycles. The normalized spacial score (nSPS) is 14.0. The van der Waals surface area contributed by atoms with Gasteiger partial charge in [-0.1, -0.05) is 37.3 Å². The Hall–Kier alpha value is -2.49. The standard InChI is InChI=1S/C21H25NO3/c1-3-16-4-6-17(7-5-16)8-11-21(23)22-15(2)18-9-10-19-20(14-18)25-13-12-24-19/h4-7,9-10,14-15H,3,8,11-13H2,1-2H3,(H,22,23)/t15-/m0/s1. The second kappa shape index (κ2) is 8.06. The van der Waals surface area contributed by atoms with E-state index in [1.54, 1.807) is 0 Å². The molecule has 0 aliphatic carbocycles. The van der Waals surface area contributed by atoms with Crippen molar-refractivity contribution in [1.82, 2.24) is 5.32 Å². The number of ether oxygens (including phenoxy) is 2. The van der Waals surface area contributed by atoms with E-state index in [2.05, 4.69) is 36.5 Å². The van der Waals surface area contributed by atoms with Crippen molar-refractivity contribution in [3.8, 4) is 11.5 Å². The molecule has 0 spiro atoms. The average molecular weight is 339 g/mol. The number of hydrogen-bond donors (Lipinski definition) is 1. The molecule has 0 saturated carbocycles. The minimum Gasteiger partial charge on any atom is -0.486 e. The summed E-state index contributed by atoms with van der Waals surface area (Å²) < 4.78 is 11.1. The van der Waals surface area contributed by atoms with Gasteiger partial charge in [0, 0.05) is 6.42 Å². The molecule has 0 unspecified atom stereocenters. The second-order valence-corrected chi connectivity index (χ2v) is 6.36. The molecule has 0 bridgehead atoms. The van der Waals surface area contributed by atoms with Gasteiger partial charge in [0.25, 0.3) is 0 Å². The maximum absolute atomic E-state index is 12.2. The third kappa shape index (κ3) is 4.53. The Morgan fingerprint density at radius 2 is 1.72 bits per heavy atom. The number of carbonyl (C=O) groups is 1. The Kier molecular flexibility index (Phi) is 5.59. The van der Waals surface area contributed by atoms with Crippen molar-refractivity contribution in [3.63, 3.8) is 0 Å². The molecule has 1 N–H and O–H groups in total. The summed E-state index contributed by atoms with van der Waals surface area (Å²) in [5, 5.41) is 3.06. The van der Waals surface area contributed by atoms with Gasteiger partial charge < -0.3 is 14.8 Å². The van der Waals surface area contributed by atoms with Crippen LogP contribution in [0.1, 0.15) is 43.0 Å². The smallest absolute Gasteiger partial charge is 0.220 e. The summed E-state index contributed by atoms with van der Waals surface area (Å²) in [5.74, 6) is 1.58. The highest BCUT2D eigenvalue weighted by Gasteiger charge is 2.15. The van der Waals surface area contributed by atoms with E-state index in [1.807, 2.05) is 25.1 Å². The van der Waals surface area contributed by atoms with Gasteiger partial charge >= 0.3 is 0 Å². The van der Waals surface area contributed by atoms with Gasteiger partial charge in [-0.3, -0.25) is 4.79 Å². The zero-order valence-corrected chi connectivity index (χ0v) is 14.9. The molecule has 4 nitrogen and oxygen atoms in total. The molecule has 3 rings (SSSR count). The van der Waals surface area contributed by atoms with Crippen LogP contribution in [0.3, 0.4) is 0 Å². The summed E-state index contributed by atoms with van der Waals surface area (Å²) >= 11 is 0. The molecule has 1 atom stereocenters.